The third-order valence-corrected chi connectivity index (χ3v) is 5.14. The minimum atomic E-state index is -0.0847. The quantitative estimate of drug-likeness (QED) is 0.768. The fraction of sp³-hybridized carbons (Fsp3) is 0.158. The molecule has 2 aliphatic rings. The molecular weight excluding hydrogens is 380 g/mol. The summed E-state index contributed by atoms with van der Waals surface area (Å²) >= 11 is 10.3. The van der Waals surface area contributed by atoms with Gasteiger partial charge in [0.25, 0.3) is 0 Å². The Bertz CT molecular complexity index is 864. The molecule has 0 unspecified atom stereocenters. The lowest BCUT2D eigenvalue weighted by molar-refractivity contribution is -0.118. The van der Waals surface area contributed by atoms with Gasteiger partial charge >= 0.3 is 0 Å². The monoisotopic (exact) mass is 396 g/mol. The Labute approximate surface area is 167 Å². The van der Waals surface area contributed by atoms with Gasteiger partial charge in [-0.3, -0.25) is 9.59 Å². The molecule has 136 valence electrons. The van der Waals surface area contributed by atoms with Gasteiger partial charge in [-0.25, -0.2) is 0 Å². The van der Waals surface area contributed by atoms with E-state index >= 15 is 0 Å². The summed E-state index contributed by atoms with van der Waals surface area (Å²) in [7, 11) is 0. The van der Waals surface area contributed by atoms with Gasteiger partial charge in [0.2, 0.25) is 11.8 Å². The van der Waals surface area contributed by atoms with Crippen LogP contribution in [0, 0.1) is 0 Å². The first-order chi connectivity index (χ1) is 13.0. The van der Waals surface area contributed by atoms with Gasteiger partial charge in [0.05, 0.1) is 0 Å². The zero-order chi connectivity index (χ0) is 19.0. The van der Waals surface area contributed by atoms with Crippen LogP contribution in [0.3, 0.4) is 0 Å². The number of hydrogen-bond donors (Lipinski definition) is 2. The van der Waals surface area contributed by atoms with Gasteiger partial charge in [-0.1, -0.05) is 24.3 Å². The van der Waals surface area contributed by atoms with Crippen molar-refractivity contribution in [3.8, 4) is 0 Å². The average molecular weight is 396 g/mol. The predicted molar refractivity (Wildman–Crippen MR) is 112 cm³/mol. The van der Waals surface area contributed by atoms with Crippen molar-refractivity contribution in [1.82, 2.24) is 10.6 Å². The largest absolute Gasteiger partial charge is 0.309 e. The summed E-state index contributed by atoms with van der Waals surface area (Å²) in [6.07, 6.45) is 0.782. The lowest BCUT2D eigenvalue weighted by atomic mass is 10.0. The normalized spacial score (nSPS) is 16.7. The standard InChI is InChI=1S/C19H16N4O2S2/c24-16-10-22(18(26)20-16)14-5-1-12(2-6-14)9-13-3-7-15(8-4-13)23-11-17(25)21-19(23)27/h1-8H,9-11H2,(H,20,24,26)(H,21,25,27). The van der Waals surface area contributed by atoms with E-state index in [0.717, 1.165) is 28.9 Å². The second-order valence-electron chi connectivity index (χ2n) is 6.39. The van der Waals surface area contributed by atoms with Crippen molar-refractivity contribution in [2.45, 2.75) is 6.42 Å². The Morgan fingerprint density at radius 1 is 0.704 bits per heavy atom. The van der Waals surface area contributed by atoms with Crippen LogP contribution in [0.1, 0.15) is 11.1 Å². The molecular formula is C19H16N4O2S2. The van der Waals surface area contributed by atoms with Crippen molar-refractivity contribution in [2.24, 2.45) is 0 Å². The lowest BCUT2D eigenvalue weighted by Crippen LogP contribution is -2.27. The molecule has 2 N–H and O–H groups in total. The molecule has 0 saturated carbocycles. The molecule has 8 heteroatoms. The van der Waals surface area contributed by atoms with Gasteiger partial charge in [0.1, 0.15) is 13.1 Å². The molecule has 2 aromatic rings. The summed E-state index contributed by atoms with van der Waals surface area (Å²) in [4.78, 5) is 26.4. The zero-order valence-corrected chi connectivity index (χ0v) is 15.9. The van der Waals surface area contributed by atoms with E-state index in [1.165, 1.54) is 0 Å². The van der Waals surface area contributed by atoms with E-state index in [9.17, 15) is 9.59 Å². The van der Waals surface area contributed by atoms with E-state index in [0.29, 0.717) is 10.2 Å². The van der Waals surface area contributed by atoms with Crippen molar-refractivity contribution in [3.63, 3.8) is 0 Å². The third-order valence-electron chi connectivity index (χ3n) is 4.49. The van der Waals surface area contributed by atoms with Crippen LogP contribution in [0.2, 0.25) is 0 Å². The van der Waals surface area contributed by atoms with E-state index in [4.69, 9.17) is 24.4 Å². The van der Waals surface area contributed by atoms with Gasteiger partial charge in [-0.05, 0) is 66.2 Å². The fourth-order valence-electron chi connectivity index (χ4n) is 3.12. The second kappa shape index (κ2) is 7.05. The van der Waals surface area contributed by atoms with Gasteiger partial charge in [-0.2, -0.15) is 0 Å². The van der Waals surface area contributed by atoms with Crippen LogP contribution >= 0.6 is 24.4 Å². The molecule has 0 spiro atoms. The summed E-state index contributed by atoms with van der Waals surface area (Å²) in [5.41, 5.74) is 4.11. The van der Waals surface area contributed by atoms with Crippen molar-refractivity contribution in [2.75, 3.05) is 22.9 Å². The number of nitrogens with zero attached hydrogens (tertiary/aromatic N) is 2. The fourth-order valence-corrected chi connectivity index (χ4v) is 3.69. The summed E-state index contributed by atoms with van der Waals surface area (Å²) in [6, 6.07) is 16.0. The minimum Gasteiger partial charge on any atom is -0.309 e. The molecule has 0 radical (unpaired) electrons. The Balaban J connectivity index is 1.43. The number of anilines is 2. The molecule has 2 fully saturated rings. The van der Waals surface area contributed by atoms with Gasteiger partial charge in [0, 0.05) is 11.4 Å². The molecule has 0 bridgehead atoms. The highest BCUT2D eigenvalue weighted by molar-refractivity contribution is 7.80. The first kappa shape index (κ1) is 17.6. The number of carbonyl (C=O) groups is 2. The number of amides is 2. The Hall–Kier alpha value is -2.84. The van der Waals surface area contributed by atoms with E-state index in [1.54, 1.807) is 9.80 Å². The van der Waals surface area contributed by atoms with Gasteiger partial charge < -0.3 is 20.4 Å². The van der Waals surface area contributed by atoms with Crippen LogP contribution in [0.25, 0.3) is 0 Å². The molecule has 0 atom stereocenters. The van der Waals surface area contributed by atoms with Crippen molar-refractivity contribution >= 4 is 57.8 Å². The average Bonchev–Trinajstić information content (AvgIpc) is 3.16. The van der Waals surface area contributed by atoms with Crippen LogP contribution in [0.5, 0.6) is 0 Å². The van der Waals surface area contributed by atoms with E-state index in [2.05, 4.69) is 10.6 Å². The van der Waals surface area contributed by atoms with Gasteiger partial charge in [0.15, 0.2) is 10.2 Å². The van der Waals surface area contributed by atoms with Crippen LogP contribution in [-0.2, 0) is 16.0 Å². The highest BCUT2D eigenvalue weighted by atomic mass is 32.1. The molecule has 4 rings (SSSR count). The molecule has 6 nitrogen and oxygen atoms in total. The highest BCUT2D eigenvalue weighted by Gasteiger charge is 2.25. The van der Waals surface area contributed by atoms with Crippen LogP contribution in [-0.4, -0.2) is 35.1 Å². The molecule has 2 aromatic carbocycles. The molecule has 2 heterocycles. The van der Waals surface area contributed by atoms with Crippen LogP contribution in [0.15, 0.2) is 48.5 Å². The smallest absolute Gasteiger partial charge is 0.246 e. The van der Waals surface area contributed by atoms with Crippen molar-refractivity contribution in [3.05, 3.63) is 59.7 Å². The number of benzene rings is 2. The third kappa shape index (κ3) is 3.67. The first-order valence-corrected chi connectivity index (χ1v) is 9.22. The summed E-state index contributed by atoms with van der Waals surface area (Å²) in [5, 5.41) is 6.15. The van der Waals surface area contributed by atoms with E-state index in [-0.39, 0.29) is 24.9 Å². The molecule has 0 aromatic heterocycles. The number of nitrogens with one attached hydrogen (secondary N) is 2. The van der Waals surface area contributed by atoms with Gasteiger partial charge in [-0.15, -0.1) is 0 Å². The number of thiocarbonyl (C=S) groups is 2. The zero-order valence-electron chi connectivity index (χ0n) is 14.3. The van der Waals surface area contributed by atoms with E-state index in [1.807, 2.05) is 48.5 Å². The van der Waals surface area contributed by atoms with Crippen LogP contribution in [0.4, 0.5) is 11.4 Å². The summed E-state index contributed by atoms with van der Waals surface area (Å²) in [5.74, 6) is -0.169. The molecule has 0 aliphatic carbocycles. The maximum Gasteiger partial charge on any atom is 0.246 e. The molecule has 2 aliphatic heterocycles. The number of rotatable bonds is 4. The topological polar surface area (TPSA) is 64.7 Å². The maximum absolute atomic E-state index is 11.4. The Morgan fingerprint density at radius 3 is 1.37 bits per heavy atom. The molecule has 27 heavy (non-hydrogen) atoms. The van der Waals surface area contributed by atoms with Crippen molar-refractivity contribution in [1.29, 1.82) is 0 Å². The summed E-state index contributed by atoms with van der Waals surface area (Å²) in [6.45, 7) is 0.519. The second-order valence-corrected chi connectivity index (χ2v) is 7.16. The Kier molecular flexibility index (Phi) is 4.59. The molecule has 2 saturated heterocycles. The number of carbonyl (C=O) groups excluding carboxylic acids is 2. The summed E-state index contributed by atoms with van der Waals surface area (Å²) < 4.78 is 0. The highest BCUT2D eigenvalue weighted by Crippen LogP contribution is 2.22. The maximum atomic E-state index is 11.4. The SMILES string of the molecule is O=C1CN(c2ccc(Cc3ccc(N4CC(=O)NC4=S)cc3)cc2)C(=S)N1. The number of hydrogen-bond acceptors (Lipinski definition) is 4. The Morgan fingerprint density at radius 2 is 1.07 bits per heavy atom. The van der Waals surface area contributed by atoms with Crippen molar-refractivity contribution < 1.29 is 9.59 Å². The predicted octanol–water partition coefficient (Wildman–Crippen LogP) is 1.72. The first-order valence-electron chi connectivity index (χ1n) is 8.40. The molecule has 2 amide bonds. The van der Waals surface area contributed by atoms with E-state index < -0.39 is 0 Å². The van der Waals surface area contributed by atoms with Crippen LogP contribution < -0.4 is 20.4 Å². The minimum absolute atomic E-state index is 0.0847. The lowest BCUT2D eigenvalue weighted by Gasteiger charge is -2.16.